The van der Waals surface area contributed by atoms with Crippen molar-refractivity contribution in [3.63, 3.8) is 0 Å². The van der Waals surface area contributed by atoms with Crippen LogP contribution in [0.15, 0.2) is 18.5 Å². The number of rotatable bonds is 2. The third-order valence-electron chi connectivity index (χ3n) is 1.24. The number of hydrogen-bond donors (Lipinski definition) is 1. The fourth-order valence-electron chi connectivity index (χ4n) is 0.772. The topological polar surface area (TPSA) is 82.8 Å². The maximum Gasteiger partial charge on any atom is 0.229 e. The summed E-state index contributed by atoms with van der Waals surface area (Å²) in [5, 5.41) is 8.59. The van der Waals surface area contributed by atoms with E-state index in [0.717, 1.165) is 6.26 Å². The largest absolute Gasteiger partial charge is 0.282 e. The molecule has 1 N–H and O–H groups in total. The highest BCUT2D eigenvalue weighted by atomic mass is 32.2. The number of sulfonamides is 1. The van der Waals surface area contributed by atoms with Gasteiger partial charge in [-0.2, -0.15) is 5.26 Å². The van der Waals surface area contributed by atoms with Gasteiger partial charge in [-0.3, -0.25) is 9.71 Å². The van der Waals surface area contributed by atoms with Crippen molar-refractivity contribution < 1.29 is 8.42 Å². The van der Waals surface area contributed by atoms with E-state index in [-0.39, 0.29) is 11.3 Å². The number of pyridine rings is 1. The van der Waals surface area contributed by atoms with Crippen LogP contribution in [0.1, 0.15) is 5.56 Å². The SMILES string of the molecule is CS(=O)(=O)Nc1ccncc1C#N. The van der Waals surface area contributed by atoms with E-state index in [1.165, 1.54) is 18.5 Å². The Morgan fingerprint density at radius 2 is 2.31 bits per heavy atom. The minimum Gasteiger partial charge on any atom is -0.282 e. The minimum atomic E-state index is -3.34. The second-order valence-electron chi connectivity index (χ2n) is 2.41. The standard InChI is InChI=1S/C7H7N3O2S/c1-13(11,12)10-7-2-3-9-5-6(7)4-8/h2-3,5H,1H3,(H,9,10). The van der Waals surface area contributed by atoms with Crippen LogP contribution in [-0.4, -0.2) is 19.7 Å². The Morgan fingerprint density at radius 3 is 2.85 bits per heavy atom. The Bertz CT molecular complexity index is 447. The predicted molar refractivity (Wildman–Crippen MR) is 47.4 cm³/mol. The van der Waals surface area contributed by atoms with Crippen molar-refractivity contribution in [2.75, 3.05) is 11.0 Å². The molecule has 0 unspecified atom stereocenters. The van der Waals surface area contributed by atoms with Gasteiger partial charge in [-0.05, 0) is 6.07 Å². The van der Waals surface area contributed by atoms with Gasteiger partial charge in [-0.15, -0.1) is 0 Å². The molecule has 5 nitrogen and oxygen atoms in total. The smallest absolute Gasteiger partial charge is 0.229 e. The van der Waals surface area contributed by atoms with Crippen molar-refractivity contribution in [2.45, 2.75) is 0 Å². The molecule has 6 heteroatoms. The number of anilines is 1. The first-order chi connectivity index (χ1) is 6.03. The highest BCUT2D eigenvalue weighted by Crippen LogP contribution is 2.12. The van der Waals surface area contributed by atoms with E-state index in [1.807, 2.05) is 6.07 Å². The van der Waals surface area contributed by atoms with Crippen molar-refractivity contribution in [1.29, 1.82) is 5.26 Å². The fourth-order valence-corrected chi connectivity index (χ4v) is 1.35. The van der Waals surface area contributed by atoms with Gasteiger partial charge in [0.25, 0.3) is 0 Å². The normalized spacial score (nSPS) is 10.5. The van der Waals surface area contributed by atoms with E-state index >= 15 is 0 Å². The second kappa shape index (κ2) is 3.41. The molecular formula is C7H7N3O2S. The first-order valence-electron chi connectivity index (χ1n) is 3.35. The quantitative estimate of drug-likeness (QED) is 0.740. The van der Waals surface area contributed by atoms with E-state index in [9.17, 15) is 8.42 Å². The van der Waals surface area contributed by atoms with Gasteiger partial charge in [0, 0.05) is 12.4 Å². The molecule has 0 radical (unpaired) electrons. The Hall–Kier alpha value is -1.61. The van der Waals surface area contributed by atoms with Gasteiger partial charge >= 0.3 is 0 Å². The average molecular weight is 197 g/mol. The maximum absolute atomic E-state index is 10.8. The van der Waals surface area contributed by atoms with Gasteiger partial charge in [-0.25, -0.2) is 8.42 Å². The molecule has 0 aliphatic heterocycles. The molecule has 0 atom stereocenters. The van der Waals surface area contributed by atoms with E-state index in [0.29, 0.717) is 0 Å². The van der Waals surface area contributed by atoms with E-state index in [1.54, 1.807) is 0 Å². The Morgan fingerprint density at radius 1 is 1.62 bits per heavy atom. The molecule has 0 aliphatic rings. The van der Waals surface area contributed by atoms with Crippen LogP contribution in [0.3, 0.4) is 0 Å². The van der Waals surface area contributed by atoms with Crippen LogP contribution in [0, 0.1) is 11.3 Å². The van der Waals surface area contributed by atoms with E-state index < -0.39 is 10.0 Å². The van der Waals surface area contributed by atoms with Crippen LogP contribution in [0.25, 0.3) is 0 Å². The molecule has 0 aromatic carbocycles. The summed E-state index contributed by atoms with van der Waals surface area (Å²) < 4.78 is 23.9. The third kappa shape index (κ3) is 2.72. The van der Waals surface area contributed by atoms with Gasteiger partial charge in [0.1, 0.15) is 6.07 Å². The highest BCUT2D eigenvalue weighted by Gasteiger charge is 2.05. The van der Waals surface area contributed by atoms with E-state index in [4.69, 9.17) is 5.26 Å². The predicted octanol–water partition coefficient (Wildman–Crippen LogP) is 0.325. The van der Waals surface area contributed by atoms with Gasteiger partial charge in [0.05, 0.1) is 17.5 Å². The summed E-state index contributed by atoms with van der Waals surface area (Å²) in [5.41, 5.74) is 0.452. The van der Waals surface area contributed by atoms with Crippen LogP contribution in [0.5, 0.6) is 0 Å². The molecule has 0 spiro atoms. The highest BCUT2D eigenvalue weighted by molar-refractivity contribution is 7.92. The van der Waals surface area contributed by atoms with Crippen molar-refractivity contribution >= 4 is 15.7 Å². The van der Waals surface area contributed by atoms with Crippen LogP contribution < -0.4 is 4.72 Å². The zero-order chi connectivity index (χ0) is 9.90. The van der Waals surface area contributed by atoms with Crippen molar-refractivity contribution in [1.82, 2.24) is 4.98 Å². The number of nitrogens with zero attached hydrogens (tertiary/aromatic N) is 2. The molecule has 1 aromatic rings. The fraction of sp³-hybridized carbons (Fsp3) is 0.143. The molecule has 0 bridgehead atoms. The van der Waals surface area contributed by atoms with Crippen LogP contribution >= 0.6 is 0 Å². The van der Waals surface area contributed by atoms with Crippen LogP contribution in [0.2, 0.25) is 0 Å². The van der Waals surface area contributed by atoms with Crippen molar-refractivity contribution in [3.8, 4) is 6.07 Å². The molecule has 68 valence electrons. The summed E-state index contributed by atoms with van der Waals surface area (Å²) in [4.78, 5) is 3.69. The first kappa shape index (κ1) is 9.48. The summed E-state index contributed by atoms with van der Waals surface area (Å²) in [6.07, 6.45) is 3.73. The molecule has 1 aromatic heterocycles. The van der Waals surface area contributed by atoms with Crippen LogP contribution in [0.4, 0.5) is 5.69 Å². The van der Waals surface area contributed by atoms with Gasteiger partial charge in [0.2, 0.25) is 10.0 Å². The monoisotopic (exact) mass is 197 g/mol. The zero-order valence-electron chi connectivity index (χ0n) is 6.85. The summed E-state index contributed by atoms with van der Waals surface area (Å²) in [6, 6.07) is 3.26. The summed E-state index contributed by atoms with van der Waals surface area (Å²) in [6.45, 7) is 0. The number of nitriles is 1. The maximum atomic E-state index is 10.8. The Labute approximate surface area is 76.1 Å². The lowest BCUT2D eigenvalue weighted by Crippen LogP contribution is -2.10. The third-order valence-corrected chi connectivity index (χ3v) is 1.83. The molecular weight excluding hydrogens is 190 g/mol. The lowest BCUT2D eigenvalue weighted by Gasteiger charge is -2.03. The Balaban J connectivity index is 3.10. The summed E-state index contributed by atoms with van der Waals surface area (Å²) in [7, 11) is -3.34. The van der Waals surface area contributed by atoms with Gasteiger partial charge in [0.15, 0.2) is 0 Å². The molecule has 0 fully saturated rings. The minimum absolute atomic E-state index is 0.202. The molecule has 13 heavy (non-hydrogen) atoms. The number of hydrogen-bond acceptors (Lipinski definition) is 4. The second-order valence-corrected chi connectivity index (χ2v) is 4.16. The van der Waals surface area contributed by atoms with Crippen molar-refractivity contribution in [3.05, 3.63) is 24.0 Å². The average Bonchev–Trinajstić information content (AvgIpc) is 2.02. The lowest BCUT2D eigenvalue weighted by atomic mass is 10.3. The first-order valence-corrected chi connectivity index (χ1v) is 5.24. The molecule has 0 saturated carbocycles. The molecule has 0 amide bonds. The molecule has 0 saturated heterocycles. The molecule has 1 heterocycles. The lowest BCUT2D eigenvalue weighted by molar-refractivity contribution is 0.607. The van der Waals surface area contributed by atoms with Gasteiger partial charge in [-0.1, -0.05) is 0 Å². The number of aromatic nitrogens is 1. The Kier molecular flexibility index (Phi) is 2.49. The number of nitrogens with one attached hydrogen (secondary N) is 1. The summed E-state index contributed by atoms with van der Waals surface area (Å²) >= 11 is 0. The van der Waals surface area contributed by atoms with E-state index in [2.05, 4.69) is 9.71 Å². The summed E-state index contributed by atoms with van der Waals surface area (Å²) in [5.74, 6) is 0. The van der Waals surface area contributed by atoms with Crippen molar-refractivity contribution in [2.24, 2.45) is 0 Å². The molecule has 0 aliphatic carbocycles. The van der Waals surface area contributed by atoms with Gasteiger partial charge < -0.3 is 0 Å². The zero-order valence-corrected chi connectivity index (χ0v) is 7.67. The van der Waals surface area contributed by atoms with Crippen LogP contribution in [-0.2, 0) is 10.0 Å². The molecule has 1 rings (SSSR count).